The van der Waals surface area contributed by atoms with E-state index in [-0.39, 0.29) is 19.6 Å². The number of nitrogens with one attached hydrogen (secondary N) is 2. The Bertz CT molecular complexity index is 597. The molecule has 1 aromatic rings. The average molecular weight is 366 g/mol. The molecule has 0 heterocycles. The molecule has 1 rings (SSSR count). The summed E-state index contributed by atoms with van der Waals surface area (Å²) < 4.78 is 15.2. The monoisotopic (exact) mass is 366 g/mol. The fraction of sp³-hybridized carbons (Fsp3) is 0.500. The van der Waals surface area contributed by atoms with Gasteiger partial charge in [0.25, 0.3) is 0 Å². The molecule has 0 saturated heterocycles. The molecule has 8 heteroatoms. The lowest BCUT2D eigenvalue weighted by Gasteiger charge is -2.23. The van der Waals surface area contributed by atoms with Crippen LogP contribution in [0.4, 0.5) is 4.79 Å². The predicted molar refractivity (Wildman–Crippen MR) is 94.7 cm³/mol. The number of benzene rings is 1. The Labute approximate surface area is 153 Å². The Morgan fingerprint density at radius 1 is 1.12 bits per heavy atom. The lowest BCUT2D eigenvalue weighted by molar-refractivity contribution is -0.141. The van der Waals surface area contributed by atoms with E-state index in [0.717, 1.165) is 0 Å². The van der Waals surface area contributed by atoms with Crippen LogP contribution >= 0.6 is 0 Å². The standard InChI is InChI=1S/C18H26N2O6/c1-18(2,3)26-17(23)20-14(16(22)19-12-15(21)24-4)10-11-25-13-8-6-5-7-9-13/h5-9,14H,10-12H2,1-4H3,(H,19,22)(H,20,23)/t14-/m0/s1. The third-order valence-corrected chi connectivity index (χ3v) is 3.06. The predicted octanol–water partition coefficient (Wildman–Crippen LogP) is 1.64. The highest BCUT2D eigenvalue weighted by Crippen LogP contribution is 2.10. The van der Waals surface area contributed by atoms with E-state index in [9.17, 15) is 14.4 Å². The van der Waals surface area contributed by atoms with Gasteiger partial charge in [-0.2, -0.15) is 0 Å². The van der Waals surface area contributed by atoms with Crippen molar-refractivity contribution < 1.29 is 28.6 Å². The van der Waals surface area contributed by atoms with Gasteiger partial charge in [0.1, 0.15) is 23.9 Å². The fourth-order valence-electron chi connectivity index (χ4n) is 1.88. The van der Waals surface area contributed by atoms with Crippen molar-refractivity contribution in [2.75, 3.05) is 20.3 Å². The van der Waals surface area contributed by atoms with E-state index < -0.39 is 29.6 Å². The van der Waals surface area contributed by atoms with Crippen LogP contribution in [0.2, 0.25) is 0 Å². The molecule has 0 unspecified atom stereocenters. The molecule has 0 saturated carbocycles. The van der Waals surface area contributed by atoms with Crippen molar-refractivity contribution in [3.63, 3.8) is 0 Å². The highest BCUT2D eigenvalue weighted by molar-refractivity contribution is 5.88. The van der Waals surface area contributed by atoms with Crippen LogP contribution in [-0.4, -0.2) is 49.9 Å². The van der Waals surface area contributed by atoms with Crippen molar-refractivity contribution >= 4 is 18.0 Å². The maximum atomic E-state index is 12.3. The normalized spacial score (nSPS) is 11.8. The number of para-hydroxylation sites is 1. The topological polar surface area (TPSA) is 103 Å². The maximum absolute atomic E-state index is 12.3. The molecule has 0 aliphatic heterocycles. The molecule has 0 fully saturated rings. The third-order valence-electron chi connectivity index (χ3n) is 3.06. The summed E-state index contributed by atoms with van der Waals surface area (Å²) in [6.07, 6.45) is -0.531. The zero-order valence-electron chi connectivity index (χ0n) is 15.5. The molecule has 1 aromatic carbocycles. The summed E-state index contributed by atoms with van der Waals surface area (Å²) in [5.74, 6) is -0.466. The molecule has 2 amide bonds. The molecule has 1 atom stereocenters. The Morgan fingerprint density at radius 3 is 2.35 bits per heavy atom. The largest absolute Gasteiger partial charge is 0.494 e. The van der Waals surface area contributed by atoms with Crippen LogP contribution in [0.15, 0.2) is 30.3 Å². The average Bonchev–Trinajstić information content (AvgIpc) is 2.57. The van der Waals surface area contributed by atoms with Gasteiger partial charge in [0.2, 0.25) is 5.91 Å². The van der Waals surface area contributed by atoms with Crippen molar-refractivity contribution in [1.29, 1.82) is 0 Å². The van der Waals surface area contributed by atoms with E-state index >= 15 is 0 Å². The number of rotatable bonds is 8. The first-order chi connectivity index (χ1) is 12.2. The van der Waals surface area contributed by atoms with Crippen LogP contribution in [0.3, 0.4) is 0 Å². The van der Waals surface area contributed by atoms with Gasteiger partial charge in [-0.25, -0.2) is 4.79 Å². The second kappa shape index (κ2) is 10.3. The van der Waals surface area contributed by atoms with E-state index in [1.165, 1.54) is 7.11 Å². The summed E-state index contributed by atoms with van der Waals surface area (Å²) in [5.41, 5.74) is -0.697. The number of amides is 2. The second-order valence-corrected chi connectivity index (χ2v) is 6.44. The quantitative estimate of drug-likeness (QED) is 0.678. The van der Waals surface area contributed by atoms with E-state index in [1.54, 1.807) is 32.9 Å². The molecule has 144 valence electrons. The van der Waals surface area contributed by atoms with Crippen molar-refractivity contribution in [3.8, 4) is 5.75 Å². The van der Waals surface area contributed by atoms with Gasteiger partial charge in [-0.05, 0) is 32.9 Å². The van der Waals surface area contributed by atoms with Crippen LogP contribution in [-0.2, 0) is 19.1 Å². The van der Waals surface area contributed by atoms with Crippen LogP contribution in [0.1, 0.15) is 27.2 Å². The number of hydrogen-bond acceptors (Lipinski definition) is 6. The second-order valence-electron chi connectivity index (χ2n) is 6.44. The summed E-state index contributed by atoms with van der Waals surface area (Å²) in [5, 5.41) is 4.91. The van der Waals surface area contributed by atoms with Crippen molar-refractivity contribution in [2.24, 2.45) is 0 Å². The summed E-state index contributed by atoms with van der Waals surface area (Å²) >= 11 is 0. The highest BCUT2D eigenvalue weighted by atomic mass is 16.6. The molecule has 8 nitrogen and oxygen atoms in total. The van der Waals surface area contributed by atoms with Crippen LogP contribution in [0.5, 0.6) is 5.75 Å². The summed E-state index contributed by atoms with van der Waals surface area (Å²) in [7, 11) is 1.22. The van der Waals surface area contributed by atoms with E-state index in [0.29, 0.717) is 5.75 Å². The fourth-order valence-corrected chi connectivity index (χ4v) is 1.88. The van der Waals surface area contributed by atoms with Crippen molar-refractivity contribution in [3.05, 3.63) is 30.3 Å². The highest BCUT2D eigenvalue weighted by Gasteiger charge is 2.24. The van der Waals surface area contributed by atoms with E-state index in [2.05, 4.69) is 15.4 Å². The van der Waals surface area contributed by atoms with Gasteiger partial charge in [0.15, 0.2) is 0 Å². The van der Waals surface area contributed by atoms with Gasteiger partial charge >= 0.3 is 12.1 Å². The number of ether oxygens (including phenoxy) is 3. The molecule has 0 bridgehead atoms. The van der Waals surface area contributed by atoms with Gasteiger partial charge in [0.05, 0.1) is 13.7 Å². The van der Waals surface area contributed by atoms with E-state index in [1.807, 2.05) is 18.2 Å². The number of carbonyl (C=O) groups is 3. The van der Waals surface area contributed by atoms with Gasteiger partial charge in [-0.3, -0.25) is 9.59 Å². The van der Waals surface area contributed by atoms with Crippen molar-refractivity contribution in [1.82, 2.24) is 10.6 Å². The Hall–Kier alpha value is -2.77. The molecular weight excluding hydrogens is 340 g/mol. The first-order valence-electron chi connectivity index (χ1n) is 8.23. The SMILES string of the molecule is COC(=O)CNC(=O)[C@H](CCOc1ccccc1)NC(=O)OC(C)(C)C. The summed E-state index contributed by atoms with van der Waals surface area (Å²) in [6, 6.07) is 8.17. The summed E-state index contributed by atoms with van der Waals surface area (Å²) in [6.45, 7) is 5.06. The molecule has 0 spiro atoms. The number of esters is 1. The first kappa shape index (κ1) is 21.3. The van der Waals surface area contributed by atoms with Gasteiger partial charge in [-0.1, -0.05) is 18.2 Å². The van der Waals surface area contributed by atoms with Gasteiger partial charge in [0, 0.05) is 6.42 Å². The summed E-state index contributed by atoms with van der Waals surface area (Å²) in [4.78, 5) is 35.4. The smallest absolute Gasteiger partial charge is 0.408 e. The lowest BCUT2D eigenvalue weighted by Crippen LogP contribution is -2.49. The molecule has 2 N–H and O–H groups in total. The maximum Gasteiger partial charge on any atom is 0.408 e. The molecule has 0 aromatic heterocycles. The third kappa shape index (κ3) is 8.91. The Balaban J connectivity index is 2.62. The van der Waals surface area contributed by atoms with Crippen molar-refractivity contribution in [2.45, 2.75) is 38.8 Å². The van der Waals surface area contributed by atoms with Gasteiger partial charge < -0.3 is 24.8 Å². The number of alkyl carbamates (subject to hydrolysis) is 1. The zero-order valence-corrected chi connectivity index (χ0v) is 15.5. The first-order valence-corrected chi connectivity index (χ1v) is 8.23. The number of methoxy groups -OCH3 is 1. The Kier molecular flexibility index (Phi) is 8.41. The zero-order chi connectivity index (χ0) is 19.6. The van der Waals surface area contributed by atoms with Crippen LogP contribution < -0.4 is 15.4 Å². The van der Waals surface area contributed by atoms with Gasteiger partial charge in [-0.15, -0.1) is 0 Å². The molecule has 26 heavy (non-hydrogen) atoms. The minimum absolute atomic E-state index is 0.191. The lowest BCUT2D eigenvalue weighted by atomic mass is 10.2. The minimum atomic E-state index is -0.918. The number of hydrogen-bond donors (Lipinski definition) is 2. The minimum Gasteiger partial charge on any atom is -0.494 e. The molecular formula is C18H26N2O6. The molecule has 0 radical (unpaired) electrons. The molecule has 0 aliphatic rings. The van der Waals surface area contributed by atoms with E-state index in [4.69, 9.17) is 9.47 Å². The number of carbonyl (C=O) groups excluding carboxylic acids is 3. The molecule has 0 aliphatic carbocycles. The van der Waals surface area contributed by atoms with Crippen LogP contribution in [0.25, 0.3) is 0 Å². The van der Waals surface area contributed by atoms with Crippen LogP contribution in [0, 0.1) is 0 Å². The Morgan fingerprint density at radius 2 is 1.77 bits per heavy atom.